The molecule has 2 aromatic carbocycles. The molecule has 1 aliphatic rings. The molecule has 0 radical (unpaired) electrons. The van der Waals surface area contributed by atoms with Gasteiger partial charge < -0.3 is 20.5 Å². The van der Waals surface area contributed by atoms with Gasteiger partial charge in [0.2, 0.25) is 11.9 Å². The third-order valence-electron chi connectivity index (χ3n) is 5.18. The molecule has 11 heteroatoms. The van der Waals surface area contributed by atoms with Crippen LogP contribution in [0.1, 0.15) is 18.5 Å². The van der Waals surface area contributed by atoms with Gasteiger partial charge in [-0.25, -0.2) is 4.68 Å². The van der Waals surface area contributed by atoms with Crippen LogP contribution in [-0.4, -0.2) is 39.8 Å². The number of hydrogen-bond acceptors (Lipinski definition) is 8. The van der Waals surface area contributed by atoms with Crippen molar-refractivity contribution in [3.05, 3.63) is 69.4 Å². The maximum Gasteiger partial charge on any atom is 0.269 e. The van der Waals surface area contributed by atoms with E-state index in [1.54, 1.807) is 41.9 Å². The fourth-order valence-electron chi connectivity index (χ4n) is 3.74. The summed E-state index contributed by atoms with van der Waals surface area (Å²) < 4.78 is 12.5. The Morgan fingerprint density at radius 2 is 1.91 bits per heavy atom. The Morgan fingerprint density at radius 3 is 2.50 bits per heavy atom. The number of hydrogen-bond donors (Lipinski definition) is 2. The zero-order valence-electron chi connectivity index (χ0n) is 17.5. The van der Waals surface area contributed by atoms with Gasteiger partial charge in [0.25, 0.3) is 5.69 Å². The molecule has 1 unspecified atom stereocenters. The molecule has 4 rings (SSSR count). The van der Waals surface area contributed by atoms with E-state index in [-0.39, 0.29) is 5.69 Å². The van der Waals surface area contributed by atoms with Crippen molar-refractivity contribution in [1.29, 1.82) is 0 Å². The molecule has 1 aromatic heterocycles. The Kier molecular flexibility index (Phi) is 5.23. The molecule has 32 heavy (non-hydrogen) atoms. The van der Waals surface area contributed by atoms with Crippen LogP contribution in [0.3, 0.4) is 0 Å². The Bertz CT molecular complexity index is 1250. The lowest BCUT2D eigenvalue weighted by atomic mass is 9.94. The number of benzene rings is 2. The zero-order chi connectivity index (χ0) is 23.0. The predicted octanol–water partition coefficient (Wildman–Crippen LogP) is 2.64. The number of ether oxygens (including phenoxy) is 2. The molecule has 0 fully saturated rings. The Morgan fingerprint density at radius 1 is 1.19 bits per heavy atom. The summed E-state index contributed by atoms with van der Waals surface area (Å²) in [6, 6.07) is 10.5. The van der Waals surface area contributed by atoms with Crippen molar-refractivity contribution in [2.45, 2.75) is 13.0 Å². The average molecular weight is 436 g/mol. The predicted molar refractivity (Wildman–Crippen MR) is 115 cm³/mol. The monoisotopic (exact) mass is 436 g/mol. The van der Waals surface area contributed by atoms with Crippen LogP contribution in [0.4, 0.5) is 11.6 Å². The fourth-order valence-corrected chi connectivity index (χ4v) is 3.74. The van der Waals surface area contributed by atoms with Crippen molar-refractivity contribution in [1.82, 2.24) is 14.8 Å². The summed E-state index contributed by atoms with van der Waals surface area (Å²) in [5.41, 5.74) is 7.71. The molecule has 3 N–H and O–H groups in total. The molecule has 0 saturated heterocycles. The highest BCUT2D eigenvalue weighted by Gasteiger charge is 2.35. The summed E-state index contributed by atoms with van der Waals surface area (Å²) in [4.78, 5) is 27.4. The summed E-state index contributed by atoms with van der Waals surface area (Å²) >= 11 is 0. The fraction of sp³-hybridized carbons (Fsp3) is 0.190. The molecule has 2 heterocycles. The smallest absolute Gasteiger partial charge is 0.269 e. The lowest BCUT2D eigenvalue weighted by molar-refractivity contribution is -0.384. The molecule has 11 nitrogen and oxygen atoms in total. The number of nitro groups is 1. The summed E-state index contributed by atoms with van der Waals surface area (Å²) in [6.45, 7) is 1.73. The zero-order valence-corrected chi connectivity index (χ0v) is 17.5. The Hall–Kier alpha value is -4.41. The summed E-state index contributed by atoms with van der Waals surface area (Å²) in [7, 11) is 3.03. The van der Waals surface area contributed by atoms with E-state index in [1.807, 2.05) is 0 Å². The van der Waals surface area contributed by atoms with E-state index in [0.29, 0.717) is 45.7 Å². The number of nitrogens with two attached hydrogens (primary N) is 1. The number of aromatic nitrogens is 3. The van der Waals surface area contributed by atoms with Crippen molar-refractivity contribution in [2.24, 2.45) is 5.73 Å². The first kappa shape index (κ1) is 20.8. The average Bonchev–Trinajstić information content (AvgIpc) is 3.20. The molecule has 0 bridgehead atoms. The molecule has 1 atom stereocenters. The third-order valence-corrected chi connectivity index (χ3v) is 5.18. The van der Waals surface area contributed by atoms with Crippen LogP contribution < -0.4 is 20.5 Å². The van der Waals surface area contributed by atoms with Crippen molar-refractivity contribution in [2.75, 3.05) is 19.5 Å². The minimum atomic E-state index is -0.729. The first-order chi connectivity index (χ1) is 15.3. The minimum absolute atomic E-state index is 0.0385. The van der Waals surface area contributed by atoms with Gasteiger partial charge in [-0.3, -0.25) is 14.9 Å². The Labute approximate surface area is 182 Å². The van der Waals surface area contributed by atoms with Gasteiger partial charge in [0, 0.05) is 29.0 Å². The molecule has 0 aliphatic carbocycles. The second-order valence-electron chi connectivity index (χ2n) is 7.02. The van der Waals surface area contributed by atoms with Crippen LogP contribution in [0.5, 0.6) is 11.5 Å². The van der Waals surface area contributed by atoms with Crippen LogP contribution >= 0.6 is 0 Å². The first-order valence-corrected chi connectivity index (χ1v) is 9.55. The van der Waals surface area contributed by atoms with Crippen LogP contribution in [0.25, 0.3) is 11.4 Å². The van der Waals surface area contributed by atoms with Gasteiger partial charge in [-0.15, -0.1) is 5.10 Å². The van der Waals surface area contributed by atoms with Gasteiger partial charge in [0.05, 0.1) is 24.7 Å². The van der Waals surface area contributed by atoms with Gasteiger partial charge in [0.15, 0.2) is 17.3 Å². The highest BCUT2D eigenvalue weighted by molar-refractivity contribution is 5.95. The lowest BCUT2D eigenvalue weighted by Gasteiger charge is -2.29. The molecule has 0 saturated carbocycles. The van der Waals surface area contributed by atoms with Gasteiger partial charge >= 0.3 is 0 Å². The molecule has 164 valence electrons. The maximum atomic E-state index is 12.4. The first-order valence-electron chi connectivity index (χ1n) is 9.55. The number of nitro benzene ring substituents is 1. The van der Waals surface area contributed by atoms with E-state index < -0.39 is 16.9 Å². The van der Waals surface area contributed by atoms with E-state index in [1.165, 1.54) is 26.4 Å². The topological polar surface area (TPSA) is 147 Å². The number of allylic oxidation sites excluding steroid dienone is 1. The van der Waals surface area contributed by atoms with Gasteiger partial charge in [-0.2, -0.15) is 4.98 Å². The standard InChI is InChI=1S/C21H20N6O5/c1-11-16(19(22)28)17(14-5-4-6-15(31-2)18(14)32-3)26-21(23-11)24-20(25-26)12-7-9-13(10-8-12)27(29)30/h4-10,17H,1-3H3,(H2,22,28)(H,23,24,25). The van der Waals surface area contributed by atoms with Crippen LogP contribution in [0.2, 0.25) is 0 Å². The quantitative estimate of drug-likeness (QED) is 0.443. The summed E-state index contributed by atoms with van der Waals surface area (Å²) in [5, 5.41) is 18.6. The molecule has 1 aliphatic heterocycles. The van der Waals surface area contributed by atoms with Gasteiger partial charge in [-0.1, -0.05) is 12.1 Å². The number of anilines is 1. The number of carbonyl (C=O) groups is 1. The van der Waals surface area contributed by atoms with Crippen molar-refractivity contribution < 1.29 is 19.2 Å². The highest BCUT2D eigenvalue weighted by atomic mass is 16.6. The number of para-hydroxylation sites is 1. The van der Waals surface area contributed by atoms with E-state index in [9.17, 15) is 14.9 Å². The number of carbonyl (C=O) groups excluding carboxylic acids is 1. The number of methoxy groups -OCH3 is 2. The number of amides is 1. The Balaban J connectivity index is 1.89. The summed E-state index contributed by atoms with van der Waals surface area (Å²) in [5.74, 6) is 1.01. The lowest BCUT2D eigenvalue weighted by Crippen LogP contribution is -2.32. The van der Waals surface area contributed by atoms with E-state index >= 15 is 0 Å². The summed E-state index contributed by atoms with van der Waals surface area (Å²) in [6.07, 6.45) is 0. The molecular weight excluding hydrogens is 416 g/mol. The maximum absolute atomic E-state index is 12.4. The van der Waals surface area contributed by atoms with Crippen molar-refractivity contribution >= 4 is 17.5 Å². The van der Waals surface area contributed by atoms with Gasteiger partial charge in [0.1, 0.15) is 6.04 Å². The number of rotatable bonds is 6. The SMILES string of the molecule is COc1cccc(C2C(C(N)=O)=C(C)Nc3nc(-c4ccc([N+](=O)[O-])cc4)nn32)c1OC. The number of nitrogens with zero attached hydrogens (tertiary/aromatic N) is 4. The molecular formula is C21H20N6O5. The number of primary amides is 1. The van der Waals surface area contributed by atoms with E-state index in [4.69, 9.17) is 15.2 Å². The second kappa shape index (κ2) is 8.02. The van der Waals surface area contributed by atoms with E-state index in [0.717, 1.165) is 0 Å². The minimum Gasteiger partial charge on any atom is -0.493 e. The highest BCUT2D eigenvalue weighted by Crippen LogP contribution is 2.43. The number of nitrogens with one attached hydrogen (secondary N) is 1. The molecule has 1 amide bonds. The van der Waals surface area contributed by atoms with E-state index in [2.05, 4.69) is 15.4 Å². The van der Waals surface area contributed by atoms with Crippen LogP contribution in [0.15, 0.2) is 53.7 Å². The number of non-ortho nitro benzene ring substituents is 1. The molecule has 3 aromatic rings. The van der Waals surface area contributed by atoms with Gasteiger partial charge in [-0.05, 0) is 25.1 Å². The largest absolute Gasteiger partial charge is 0.493 e. The van der Waals surface area contributed by atoms with Crippen molar-refractivity contribution in [3.8, 4) is 22.9 Å². The van der Waals surface area contributed by atoms with Crippen molar-refractivity contribution in [3.63, 3.8) is 0 Å². The third kappa shape index (κ3) is 3.39. The van der Waals surface area contributed by atoms with Crippen LogP contribution in [-0.2, 0) is 4.79 Å². The second-order valence-corrected chi connectivity index (χ2v) is 7.02. The van der Waals surface area contributed by atoms with Crippen LogP contribution in [0, 0.1) is 10.1 Å². The normalized spacial score (nSPS) is 15.0. The molecule has 0 spiro atoms. The number of fused-ring (bicyclic) bond motifs is 1.